The Hall–Kier alpha value is -0.910. The third-order valence-electron chi connectivity index (χ3n) is 3.99. The van der Waals surface area contributed by atoms with Crippen LogP contribution in [0.15, 0.2) is 29.2 Å². The summed E-state index contributed by atoms with van der Waals surface area (Å²) in [6.45, 7) is 1.96. The molecule has 112 valence electrons. The van der Waals surface area contributed by atoms with Gasteiger partial charge in [-0.05, 0) is 37.0 Å². The molecule has 0 spiro atoms. The lowest BCUT2D eigenvalue weighted by atomic mass is 10.0. The lowest BCUT2D eigenvalue weighted by Gasteiger charge is -2.27. The third-order valence-corrected chi connectivity index (χ3v) is 5.58. The van der Waals surface area contributed by atoms with Crippen molar-refractivity contribution >= 4 is 10.0 Å². The quantitative estimate of drug-likeness (QED) is 0.846. The van der Waals surface area contributed by atoms with Crippen LogP contribution in [0.25, 0.3) is 0 Å². The first-order valence-electron chi connectivity index (χ1n) is 7.25. The zero-order valence-corrected chi connectivity index (χ0v) is 12.7. The van der Waals surface area contributed by atoms with Gasteiger partial charge in [-0.2, -0.15) is 0 Å². The third kappa shape index (κ3) is 3.40. The Balaban J connectivity index is 2.17. The van der Waals surface area contributed by atoms with Crippen LogP contribution in [-0.4, -0.2) is 25.7 Å². The summed E-state index contributed by atoms with van der Waals surface area (Å²) >= 11 is 0. The van der Waals surface area contributed by atoms with Gasteiger partial charge in [0.05, 0.1) is 17.0 Å². The van der Waals surface area contributed by atoms with E-state index in [1.54, 1.807) is 12.1 Å². The zero-order valence-electron chi connectivity index (χ0n) is 11.9. The first kappa shape index (κ1) is 15.5. The second-order valence-corrected chi connectivity index (χ2v) is 7.33. The molecule has 0 amide bonds. The second-order valence-electron chi connectivity index (χ2n) is 5.65. The van der Waals surface area contributed by atoms with Crippen molar-refractivity contribution in [1.29, 1.82) is 0 Å². The van der Waals surface area contributed by atoms with Crippen LogP contribution in [-0.2, 0) is 16.4 Å². The molecular formula is C15H23NO3S. The number of benzene rings is 1. The average molecular weight is 297 g/mol. The van der Waals surface area contributed by atoms with Gasteiger partial charge in [0, 0.05) is 0 Å². The number of aliphatic hydroxyl groups excluding tert-OH is 1. The van der Waals surface area contributed by atoms with E-state index in [1.807, 2.05) is 12.1 Å². The minimum atomic E-state index is -3.56. The van der Waals surface area contributed by atoms with Crippen molar-refractivity contribution in [3.8, 4) is 0 Å². The molecule has 1 aromatic rings. The normalized spacial score (nSPS) is 18.3. The smallest absolute Gasteiger partial charge is 0.241 e. The maximum atomic E-state index is 12.4. The van der Waals surface area contributed by atoms with Crippen molar-refractivity contribution in [2.24, 2.45) is 0 Å². The van der Waals surface area contributed by atoms with E-state index in [4.69, 9.17) is 0 Å². The molecule has 0 unspecified atom stereocenters. The van der Waals surface area contributed by atoms with Crippen LogP contribution in [0.3, 0.4) is 0 Å². The predicted octanol–water partition coefficient (Wildman–Crippen LogP) is 2.22. The van der Waals surface area contributed by atoms with E-state index >= 15 is 0 Å². The molecule has 0 radical (unpaired) electrons. The van der Waals surface area contributed by atoms with Crippen molar-refractivity contribution in [1.82, 2.24) is 4.72 Å². The van der Waals surface area contributed by atoms with Gasteiger partial charge in [-0.25, -0.2) is 13.1 Å². The van der Waals surface area contributed by atoms with Crippen LogP contribution < -0.4 is 4.72 Å². The molecular weight excluding hydrogens is 274 g/mol. The molecule has 0 atom stereocenters. The SMILES string of the molecule is CCCc1ccc(S(=O)(=O)NC2(CO)CCCC2)cc1. The predicted molar refractivity (Wildman–Crippen MR) is 79.0 cm³/mol. The van der Waals surface area contributed by atoms with E-state index < -0.39 is 15.6 Å². The molecule has 20 heavy (non-hydrogen) atoms. The van der Waals surface area contributed by atoms with Gasteiger partial charge in [0.1, 0.15) is 0 Å². The van der Waals surface area contributed by atoms with Gasteiger partial charge in [-0.1, -0.05) is 38.3 Å². The van der Waals surface area contributed by atoms with Crippen LogP contribution in [0.2, 0.25) is 0 Å². The summed E-state index contributed by atoms with van der Waals surface area (Å²) in [5, 5.41) is 9.51. The van der Waals surface area contributed by atoms with E-state index in [0.717, 1.165) is 31.2 Å². The maximum Gasteiger partial charge on any atom is 0.241 e. The highest BCUT2D eigenvalue weighted by atomic mass is 32.2. The number of aryl methyl sites for hydroxylation is 1. The van der Waals surface area contributed by atoms with Crippen molar-refractivity contribution in [2.45, 2.75) is 55.9 Å². The maximum absolute atomic E-state index is 12.4. The van der Waals surface area contributed by atoms with Crippen molar-refractivity contribution in [3.05, 3.63) is 29.8 Å². The number of rotatable bonds is 6. The number of sulfonamides is 1. The lowest BCUT2D eigenvalue weighted by molar-refractivity contribution is 0.185. The summed E-state index contributed by atoms with van der Waals surface area (Å²) in [5.41, 5.74) is 0.477. The highest BCUT2D eigenvalue weighted by Gasteiger charge is 2.37. The highest BCUT2D eigenvalue weighted by molar-refractivity contribution is 7.89. The van der Waals surface area contributed by atoms with Gasteiger partial charge in [-0.15, -0.1) is 0 Å². The molecule has 0 bridgehead atoms. The first-order valence-corrected chi connectivity index (χ1v) is 8.73. The standard InChI is InChI=1S/C15H23NO3S/c1-2-5-13-6-8-14(9-7-13)20(18,19)16-15(12-17)10-3-4-11-15/h6-9,16-17H,2-5,10-12H2,1H3. The van der Waals surface area contributed by atoms with Gasteiger partial charge < -0.3 is 5.11 Å². The van der Waals surface area contributed by atoms with Gasteiger partial charge in [0.2, 0.25) is 10.0 Å². The molecule has 1 aromatic carbocycles. The zero-order chi connectivity index (χ0) is 14.6. The Kier molecular flexibility index (Phi) is 4.83. The number of aliphatic hydroxyl groups is 1. The van der Waals surface area contributed by atoms with Crippen molar-refractivity contribution < 1.29 is 13.5 Å². The molecule has 1 aliphatic rings. The second kappa shape index (κ2) is 6.24. The van der Waals surface area contributed by atoms with Crippen LogP contribution in [0, 0.1) is 0 Å². The first-order chi connectivity index (χ1) is 9.51. The molecule has 0 heterocycles. The number of nitrogens with one attached hydrogen (secondary N) is 1. The van der Waals surface area contributed by atoms with E-state index in [1.165, 1.54) is 0 Å². The summed E-state index contributed by atoms with van der Waals surface area (Å²) in [4.78, 5) is 0.275. The molecule has 0 aliphatic heterocycles. The van der Waals surface area contributed by atoms with Crippen molar-refractivity contribution in [2.75, 3.05) is 6.61 Å². The summed E-state index contributed by atoms with van der Waals surface area (Å²) in [6.07, 6.45) is 5.32. The average Bonchev–Trinajstić information content (AvgIpc) is 2.88. The van der Waals surface area contributed by atoms with Crippen LogP contribution >= 0.6 is 0 Å². The summed E-state index contributed by atoms with van der Waals surface area (Å²) < 4.78 is 27.5. The fourth-order valence-electron chi connectivity index (χ4n) is 2.81. The minimum absolute atomic E-state index is 0.139. The molecule has 0 aromatic heterocycles. The molecule has 2 rings (SSSR count). The Morgan fingerprint density at radius 1 is 1.20 bits per heavy atom. The Morgan fingerprint density at radius 3 is 2.30 bits per heavy atom. The monoisotopic (exact) mass is 297 g/mol. The van der Waals surface area contributed by atoms with Gasteiger partial charge >= 0.3 is 0 Å². The molecule has 0 saturated heterocycles. The molecule has 2 N–H and O–H groups in total. The van der Waals surface area contributed by atoms with Gasteiger partial charge in [-0.3, -0.25) is 0 Å². The topological polar surface area (TPSA) is 66.4 Å². The Labute approximate surface area is 121 Å². The van der Waals surface area contributed by atoms with E-state index in [9.17, 15) is 13.5 Å². The van der Waals surface area contributed by atoms with E-state index in [2.05, 4.69) is 11.6 Å². The summed E-state index contributed by atoms with van der Waals surface area (Å²) in [7, 11) is -3.56. The summed E-state index contributed by atoms with van der Waals surface area (Å²) in [6, 6.07) is 7.01. The van der Waals surface area contributed by atoms with Crippen molar-refractivity contribution in [3.63, 3.8) is 0 Å². The Morgan fingerprint density at radius 2 is 1.80 bits per heavy atom. The van der Waals surface area contributed by atoms with Crippen LogP contribution in [0.4, 0.5) is 0 Å². The fourth-order valence-corrected chi connectivity index (χ4v) is 4.26. The number of hydrogen-bond acceptors (Lipinski definition) is 3. The largest absolute Gasteiger partial charge is 0.394 e. The Bertz CT molecular complexity index is 531. The fraction of sp³-hybridized carbons (Fsp3) is 0.600. The van der Waals surface area contributed by atoms with Gasteiger partial charge in [0.25, 0.3) is 0 Å². The number of hydrogen-bond donors (Lipinski definition) is 2. The van der Waals surface area contributed by atoms with Crippen LogP contribution in [0.1, 0.15) is 44.6 Å². The minimum Gasteiger partial charge on any atom is -0.394 e. The van der Waals surface area contributed by atoms with E-state index in [-0.39, 0.29) is 11.5 Å². The molecule has 1 saturated carbocycles. The highest BCUT2D eigenvalue weighted by Crippen LogP contribution is 2.30. The molecule has 4 nitrogen and oxygen atoms in total. The lowest BCUT2D eigenvalue weighted by Crippen LogP contribution is -2.49. The molecule has 1 fully saturated rings. The molecule has 5 heteroatoms. The molecule has 1 aliphatic carbocycles. The summed E-state index contributed by atoms with van der Waals surface area (Å²) in [5.74, 6) is 0. The van der Waals surface area contributed by atoms with E-state index in [0.29, 0.717) is 12.8 Å². The van der Waals surface area contributed by atoms with Crippen LogP contribution in [0.5, 0.6) is 0 Å². The van der Waals surface area contributed by atoms with Gasteiger partial charge in [0.15, 0.2) is 0 Å².